The van der Waals surface area contributed by atoms with Gasteiger partial charge in [0, 0.05) is 18.8 Å². The quantitative estimate of drug-likeness (QED) is 0.578. The van der Waals surface area contributed by atoms with E-state index in [0.29, 0.717) is 18.5 Å². The summed E-state index contributed by atoms with van der Waals surface area (Å²) in [5.41, 5.74) is 0.386. The van der Waals surface area contributed by atoms with Crippen LogP contribution in [0.4, 0.5) is 11.4 Å². The van der Waals surface area contributed by atoms with Crippen LogP contribution < -0.4 is 10.6 Å². The number of hydrogen-bond acceptors (Lipinski definition) is 5. The smallest absolute Gasteiger partial charge is 0.282 e. The van der Waals surface area contributed by atoms with E-state index in [1.807, 2.05) is 0 Å². The van der Waals surface area contributed by atoms with Crippen LogP contribution in [0.15, 0.2) is 18.2 Å². The topological polar surface area (TPSA) is 105 Å². The number of carbonyl (C=O) groups excluding carboxylic acids is 1. The van der Waals surface area contributed by atoms with Crippen LogP contribution in [0.5, 0.6) is 0 Å². The summed E-state index contributed by atoms with van der Waals surface area (Å²) in [4.78, 5) is 22.8. The molecule has 7 nitrogen and oxygen atoms in total. The fourth-order valence-corrected chi connectivity index (χ4v) is 2.56. The average molecular weight is 293 g/mol. The predicted octanol–water partition coefficient (Wildman–Crippen LogP) is 1.67. The van der Waals surface area contributed by atoms with Gasteiger partial charge in [-0.1, -0.05) is 12.8 Å². The van der Waals surface area contributed by atoms with Gasteiger partial charge >= 0.3 is 0 Å². The maximum atomic E-state index is 12.3. The molecule has 2 unspecified atom stereocenters. The van der Waals surface area contributed by atoms with Crippen LogP contribution in [0.2, 0.25) is 0 Å². The van der Waals surface area contributed by atoms with Crippen molar-refractivity contribution in [3.63, 3.8) is 0 Å². The van der Waals surface area contributed by atoms with Crippen LogP contribution in [-0.4, -0.2) is 35.1 Å². The monoisotopic (exact) mass is 293 g/mol. The SMILES string of the molecule is CNc1ccc([N+](=O)[O-])c(C(=O)NC2CCCCC2O)c1. The first kappa shape index (κ1) is 15.2. The molecule has 0 heterocycles. The lowest BCUT2D eigenvalue weighted by Crippen LogP contribution is -2.45. The zero-order chi connectivity index (χ0) is 15.4. The van der Waals surface area contributed by atoms with Crippen molar-refractivity contribution in [3.05, 3.63) is 33.9 Å². The minimum absolute atomic E-state index is 0.00428. The Morgan fingerprint density at radius 1 is 1.38 bits per heavy atom. The van der Waals surface area contributed by atoms with Gasteiger partial charge in [-0.05, 0) is 25.0 Å². The van der Waals surface area contributed by atoms with Gasteiger partial charge in [0.1, 0.15) is 5.56 Å². The molecule has 1 aromatic carbocycles. The van der Waals surface area contributed by atoms with Gasteiger partial charge in [0.05, 0.1) is 17.1 Å². The van der Waals surface area contributed by atoms with Crippen LogP contribution in [-0.2, 0) is 0 Å². The van der Waals surface area contributed by atoms with Crippen molar-refractivity contribution in [1.29, 1.82) is 0 Å². The van der Waals surface area contributed by atoms with Crippen LogP contribution in [0, 0.1) is 10.1 Å². The standard InChI is InChI=1S/C14H19N3O4/c1-15-9-6-7-12(17(20)21)10(8-9)14(19)16-11-4-2-3-5-13(11)18/h6-8,11,13,15,18H,2-5H2,1H3,(H,16,19). The molecule has 2 atom stereocenters. The molecule has 1 aliphatic carbocycles. The number of benzene rings is 1. The molecule has 0 aromatic heterocycles. The number of anilines is 1. The molecule has 114 valence electrons. The first-order valence-electron chi connectivity index (χ1n) is 6.98. The molecule has 1 amide bonds. The third-order valence-corrected chi connectivity index (χ3v) is 3.77. The Labute approximate surface area is 122 Å². The zero-order valence-electron chi connectivity index (χ0n) is 11.8. The Morgan fingerprint density at radius 3 is 2.71 bits per heavy atom. The van der Waals surface area contributed by atoms with Gasteiger partial charge in [-0.15, -0.1) is 0 Å². The number of rotatable bonds is 4. The second kappa shape index (κ2) is 6.53. The molecule has 21 heavy (non-hydrogen) atoms. The van der Waals surface area contributed by atoms with Gasteiger partial charge in [-0.2, -0.15) is 0 Å². The van der Waals surface area contributed by atoms with Gasteiger partial charge in [0.15, 0.2) is 0 Å². The fraction of sp³-hybridized carbons (Fsp3) is 0.500. The molecule has 1 aromatic rings. The van der Waals surface area contributed by atoms with Crippen molar-refractivity contribution in [1.82, 2.24) is 5.32 Å². The summed E-state index contributed by atoms with van der Waals surface area (Å²) in [5.74, 6) is -0.523. The van der Waals surface area contributed by atoms with Crippen molar-refractivity contribution in [2.45, 2.75) is 37.8 Å². The number of amides is 1. The molecule has 2 rings (SSSR count). The summed E-state index contributed by atoms with van der Waals surface area (Å²) in [6, 6.07) is 3.95. The summed E-state index contributed by atoms with van der Waals surface area (Å²) >= 11 is 0. The molecule has 7 heteroatoms. The highest BCUT2D eigenvalue weighted by Crippen LogP contribution is 2.24. The van der Waals surface area contributed by atoms with Crippen LogP contribution in [0.1, 0.15) is 36.0 Å². The normalized spacial score (nSPS) is 21.6. The molecule has 3 N–H and O–H groups in total. The number of aliphatic hydroxyl groups excluding tert-OH is 1. The summed E-state index contributed by atoms with van der Waals surface area (Å²) in [6.07, 6.45) is 2.61. The van der Waals surface area contributed by atoms with E-state index >= 15 is 0 Å². The number of aliphatic hydroxyl groups is 1. The predicted molar refractivity (Wildman–Crippen MR) is 78.4 cm³/mol. The van der Waals surface area contributed by atoms with E-state index in [2.05, 4.69) is 10.6 Å². The number of nitro groups is 1. The number of carbonyl (C=O) groups is 1. The maximum absolute atomic E-state index is 12.3. The summed E-state index contributed by atoms with van der Waals surface area (Å²) in [5, 5.41) is 26.5. The van der Waals surface area contributed by atoms with E-state index in [9.17, 15) is 20.0 Å². The molecule has 0 spiro atoms. The van der Waals surface area contributed by atoms with Gasteiger partial charge in [0.25, 0.3) is 11.6 Å². The third-order valence-electron chi connectivity index (χ3n) is 3.77. The highest BCUT2D eigenvalue weighted by atomic mass is 16.6. The second-order valence-corrected chi connectivity index (χ2v) is 5.17. The summed E-state index contributed by atoms with van der Waals surface area (Å²) in [7, 11) is 1.67. The molecule has 0 bridgehead atoms. The summed E-state index contributed by atoms with van der Waals surface area (Å²) < 4.78 is 0. The Morgan fingerprint density at radius 2 is 2.10 bits per heavy atom. The number of nitrogens with one attached hydrogen (secondary N) is 2. The Balaban J connectivity index is 2.22. The largest absolute Gasteiger partial charge is 0.391 e. The Hall–Kier alpha value is -2.15. The average Bonchev–Trinajstić information content (AvgIpc) is 2.48. The second-order valence-electron chi connectivity index (χ2n) is 5.17. The zero-order valence-corrected chi connectivity index (χ0v) is 11.8. The van der Waals surface area contributed by atoms with Crippen LogP contribution in [0.3, 0.4) is 0 Å². The highest BCUT2D eigenvalue weighted by Gasteiger charge is 2.27. The van der Waals surface area contributed by atoms with E-state index in [1.165, 1.54) is 12.1 Å². The molecule has 0 saturated heterocycles. The minimum atomic E-state index is -0.589. The van der Waals surface area contributed by atoms with Crippen LogP contribution in [0.25, 0.3) is 0 Å². The lowest BCUT2D eigenvalue weighted by molar-refractivity contribution is -0.385. The highest BCUT2D eigenvalue weighted by molar-refractivity contribution is 5.99. The lowest BCUT2D eigenvalue weighted by Gasteiger charge is -2.28. The van der Waals surface area contributed by atoms with E-state index in [4.69, 9.17) is 0 Å². The Kier molecular flexibility index (Phi) is 4.74. The van der Waals surface area contributed by atoms with Gasteiger partial charge < -0.3 is 15.7 Å². The number of hydrogen-bond donors (Lipinski definition) is 3. The van der Waals surface area contributed by atoms with Gasteiger partial charge in [0.2, 0.25) is 0 Å². The first-order valence-corrected chi connectivity index (χ1v) is 6.98. The maximum Gasteiger partial charge on any atom is 0.282 e. The van der Waals surface area contributed by atoms with Crippen molar-refractivity contribution in [2.75, 3.05) is 12.4 Å². The molecule has 0 aliphatic heterocycles. The first-order chi connectivity index (χ1) is 10.0. The van der Waals surface area contributed by atoms with Gasteiger partial charge in [-0.25, -0.2) is 0 Å². The van der Waals surface area contributed by atoms with E-state index in [0.717, 1.165) is 12.8 Å². The summed E-state index contributed by atoms with van der Waals surface area (Å²) in [6.45, 7) is 0. The van der Waals surface area contributed by atoms with Gasteiger partial charge in [-0.3, -0.25) is 14.9 Å². The lowest BCUT2D eigenvalue weighted by atomic mass is 9.92. The number of nitrogens with zero attached hydrogens (tertiary/aromatic N) is 1. The third kappa shape index (κ3) is 3.49. The molecule has 1 aliphatic rings. The molecule has 1 saturated carbocycles. The van der Waals surface area contributed by atoms with E-state index in [1.54, 1.807) is 13.1 Å². The molecule has 0 radical (unpaired) electrons. The molecule has 1 fully saturated rings. The van der Waals surface area contributed by atoms with Crippen molar-refractivity contribution in [3.8, 4) is 0 Å². The minimum Gasteiger partial charge on any atom is -0.391 e. The van der Waals surface area contributed by atoms with Crippen molar-refractivity contribution in [2.24, 2.45) is 0 Å². The Bertz CT molecular complexity index is 547. The van der Waals surface area contributed by atoms with Crippen LogP contribution >= 0.6 is 0 Å². The fourth-order valence-electron chi connectivity index (χ4n) is 2.56. The number of nitro benzene ring substituents is 1. The van der Waals surface area contributed by atoms with Crippen molar-refractivity contribution >= 4 is 17.3 Å². The van der Waals surface area contributed by atoms with E-state index in [-0.39, 0.29) is 17.3 Å². The molecular weight excluding hydrogens is 274 g/mol. The molecular formula is C14H19N3O4. The van der Waals surface area contributed by atoms with Crippen molar-refractivity contribution < 1.29 is 14.8 Å². The van der Waals surface area contributed by atoms with E-state index < -0.39 is 16.9 Å².